The minimum absolute atomic E-state index is 0.0247. The molecule has 0 atom stereocenters. The summed E-state index contributed by atoms with van der Waals surface area (Å²) in [5.74, 6) is 0.496. The molecule has 1 aromatic carbocycles. The largest absolute Gasteiger partial charge is 0.459 e. The fraction of sp³-hybridized carbons (Fsp3) is 0.455. The number of carbonyl (C=O) groups is 2. The Bertz CT molecular complexity index is 776. The van der Waals surface area contributed by atoms with Crippen LogP contribution in [0.15, 0.2) is 47.1 Å². The molecule has 3 rings (SSSR count). The Morgan fingerprint density at radius 2 is 1.75 bits per heavy atom. The molecule has 2 heterocycles. The van der Waals surface area contributed by atoms with E-state index in [-0.39, 0.29) is 24.1 Å². The van der Waals surface area contributed by atoms with Crippen molar-refractivity contribution < 1.29 is 14.0 Å². The summed E-state index contributed by atoms with van der Waals surface area (Å²) in [4.78, 5) is 30.3. The monoisotopic (exact) mass is 383 g/mol. The minimum atomic E-state index is -0.276. The van der Waals surface area contributed by atoms with Crippen molar-refractivity contribution in [2.24, 2.45) is 0 Å². The number of benzene rings is 1. The second-order valence-electron chi connectivity index (χ2n) is 7.69. The highest BCUT2D eigenvalue weighted by Crippen LogP contribution is 2.16. The number of hydrogen-bond acceptors (Lipinski definition) is 4. The van der Waals surface area contributed by atoms with Crippen LogP contribution in [0.4, 0.5) is 0 Å². The lowest BCUT2D eigenvalue weighted by atomic mass is 10.0. The van der Waals surface area contributed by atoms with Crippen LogP contribution in [-0.4, -0.2) is 66.3 Å². The number of likely N-dealkylation sites (N-methyl/N-ethyl adjacent to an activating group) is 1. The van der Waals surface area contributed by atoms with E-state index in [1.54, 1.807) is 19.2 Å². The smallest absolute Gasteiger partial charge is 0.289 e. The number of piperazine rings is 1. The molecular formula is C22H29N3O3. The highest BCUT2D eigenvalue weighted by molar-refractivity contribution is 5.94. The standard InChI is InChI=1S/C22H29N3O3/c1-17(2)19-8-6-18(7-9-19)15-24-10-12-25(13-11-24)21(26)16-23(3)22(27)20-5-4-14-28-20/h4-9,14,17H,10-13,15-16H2,1-3H3. The molecule has 2 aromatic rings. The van der Waals surface area contributed by atoms with Crippen LogP contribution >= 0.6 is 0 Å². The van der Waals surface area contributed by atoms with Gasteiger partial charge in [0.2, 0.25) is 5.91 Å². The molecule has 0 saturated carbocycles. The quantitative estimate of drug-likeness (QED) is 0.770. The van der Waals surface area contributed by atoms with Crippen LogP contribution in [0.2, 0.25) is 0 Å². The Kier molecular flexibility index (Phi) is 6.52. The van der Waals surface area contributed by atoms with Gasteiger partial charge in [-0.15, -0.1) is 0 Å². The topological polar surface area (TPSA) is 57.0 Å². The summed E-state index contributed by atoms with van der Waals surface area (Å²) in [6, 6.07) is 12.1. The highest BCUT2D eigenvalue weighted by Gasteiger charge is 2.24. The molecule has 150 valence electrons. The van der Waals surface area contributed by atoms with E-state index in [0.29, 0.717) is 19.0 Å². The molecule has 0 spiro atoms. The summed E-state index contributed by atoms with van der Waals surface area (Å²) < 4.78 is 5.11. The molecule has 0 unspecified atom stereocenters. The van der Waals surface area contributed by atoms with E-state index in [0.717, 1.165) is 19.6 Å². The summed E-state index contributed by atoms with van der Waals surface area (Å²) in [5, 5.41) is 0. The zero-order valence-corrected chi connectivity index (χ0v) is 16.9. The summed E-state index contributed by atoms with van der Waals surface area (Å²) in [7, 11) is 1.62. The summed E-state index contributed by atoms with van der Waals surface area (Å²) in [5.41, 5.74) is 2.65. The number of hydrogen-bond donors (Lipinski definition) is 0. The second-order valence-corrected chi connectivity index (χ2v) is 7.69. The van der Waals surface area contributed by atoms with Crippen LogP contribution in [0, 0.1) is 0 Å². The predicted molar refractivity (Wildman–Crippen MR) is 108 cm³/mol. The van der Waals surface area contributed by atoms with Crippen LogP contribution < -0.4 is 0 Å². The van der Waals surface area contributed by atoms with Gasteiger partial charge in [-0.3, -0.25) is 14.5 Å². The van der Waals surface area contributed by atoms with E-state index >= 15 is 0 Å². The van der Waals surface area contributed by atoms with Crippen molar-refractivity contribution in [1.82, 2.24) is 14.7 Å². The van der Waals surface area contributed by atoms with Crippen LogP contribution in [-0.2, 0) is 11.3 Å². The van der Waals surface area contributed by atoms with Gasteiger partial charge in [0, 0.05) is 39.8 Å². The molecule has 1 fully saturated rings. The highest BCUT2D eigenvalue weighted by atomic mass is 16.3. The molecule has 6 heteroatoms. The van der Waals surface area contributed by atoms with Gasteiger partial charge in [0.05, 0.1) is 12.8 Å². The average Bonchev–Trinajstić information content (AvgIpc) is 3.23. The Morgan fingerprint density at radius 1 is 1.07 bits per heavy atom. The van der Waals surface area contributed by atoms with Crippen molar-refractivity contribution in [2.45, 2.75) is 26.3 Å². The van der Waals surface area contributed by atoms with Gasteiger partial charge in [0.15, 0.2) is 5.76 Å². The molecule has 6 nitrogen and oxygen atoms in total. The van der Waals surface area contributed by atoms with E-state index in [1.807, 2.05) is 4.90 Å². The van der Waals surface area contributed by atoms with Crippen molar-refractivity contribution in [3.05, 3.63) is 59.5 Å². The maximum Gasteiger partial charge on any atom is 0.289 e. The van der Waals surface area contributed by atoms with Gasteiger partial charge >= 0.3 is 0 Å². The molecule has 1 aliphatic rings. The maximum absolute atomic E-state index is 12.5. The lowest BCUT2D eigenvalue weighted by Crippen LogP contribution is -2.51. The molecule has 0 N–H and O–H groups in total. The third kappa shape index (κ3) is 5.01. The predicted octanol–water partition coefficient (Wildman–Crippen LogP) is 2.82. The zero-order valence-electron chi connectivity index (χ0n) is 16.9. The molecule has 1 aromatic heterocycles. The molecule has 28 heavy (non-hydrogen) atoms. The molecule has 1 aliphatic heterocycles. The Balaban J connectivity index is 1.45. The first-order valence-electron chi connectivity index (χ1n) is 9.82. The van der Waals surface area contributed by atoms with E-state index in [2.05, 4.69) is 43.0 Å². The second kappa shape index (κ2) is 9.06. The van der Waals surface area contributed by atoms with E-state index < -0.39 is 0 Å². The van der Waals surface area contributed by atoms with Gasteiger partial charge in [0.1, 0.15) is 0 Å². The van der Waals surface area contributed by atoms with Crippen molar-refractivity contribution in [3.8, 4) is 0 Å². The van der Waals surface area contributed by atoms with Crippen molar-refractivity contribution in [2.75, 3.05) is 39.8 Å². The Hall–Kier alpha value is -2.60. The van der Waals surface area contributed by atoms with Crippen LogP contribution in [0.1, 0.15) is 41.4 Å². The number of amides is 2. The van der Waals surface area contributed by atoms with Crippen molar-refractivity contribution >= 4 is 11.8 Å². The van der Waals surface area contributed by atoms with E-state index in [4.69, 9.17) is 4.42 Å². The summed E-state index contributed by atoms with van der Waals surface area (Å²) in [6.07, 6.45) is 1.46. The van der Waals surface area contributed by atoms with Crippen LogP contribution in [0.25, 0.3) is 0 Å². The van der Waals surface area contributed by atoms with Gasteiger partial charge in [0.25, 0.3) is 5.91 Å². The first-order valence-corrected chi connectivity index (χ1v) is 9.82. The summed E-state index contributed by atoms with van der Waals surface area (Å²) >= 11 is 0. The van der Waals surface area contributed by atoms with E-state index in [1.165, 1.54) is 22.3 Å². The normalized spacial score (nSPS) is 15.1. The third-order valence-electron chi connectivity index (χ3n) is 5.23. The zero-order chi connectivity index (χ0) is 20.1. The lowest BCUT2D eigenvalue weighted by Gasteiger charge is -2.35. The number of furan rings is 1. The van der Waals surface area contributed by atoms with Gasteiger partial charge in [-0.05, 0) is 29.2 Å². The first-order chi connectivity index (χ1) is 13.4. The molecule has 0 bridgehead atoms. The molecule has 2 amide bonds. The number of nitrogens with zero attached hydrogens (tertiary/aromatic N) is 3. The molecular weight excluding hydrogens is 354 g/mol. The van der Waals surface area contributed by atoms with E-state index in [9.17, 15) is 9.59 Å². The van der Waals surface area contributed by atoms with Crippen LogP contribution in [0.5, 0.6) is 0 Å². The van der Waals surface area contributed by atoms with Crippen LogP contribution in [0.3, 0.4) is 0 Å². The number of rotatable bonds is 6. The minimum Gasteiger partial charge on any atom is -0.459 e. The third-order valence-corrected chi connectivity index (χ3v) is 5.23. The average molecular weight is 383 g/mol. The molecule has 0 aliphatic carbocycles. The number of carbonyl (C=O) groups excluding carboxylic acids is 2. The lowest BCUT2D eigenvalue weighted by molar-refractivity contribution is -0.133. The molecule has 0 radical (unpaired) electrons. The van der Waals surface area contributed by atoms with Gasteiger partial charge in [-0.1, -0.05) is 38.1 Å². The SMILES string of the molecule is CC(C)c1ccc(CN2CCN(C(=O)CN(C)C(=O)c3ccco3)CC2)cc1. The first kappa shape index (κ1) is 20.1. The Labute approximate surface area is 166 Å². The van der Waals surface area contributed by atoms with Crippen molar-refractivity contribution in [1.29, 1.82) is 0 Å². The fourth-order valence-corrected chi connectivity index (χ4v) is 3.38. The van der Waals surface area contributed by atoms with Gasteiger partial charge in [-0.25, -0.2) is 0 Å². The fourth-order valence-electron chi connectivity index (χ4n) is 3.38. The molecule has 1 saturated heterocycles. The summed E-state index contributed by atoms with van der Waals surface area (Å²) in [6.45, 7) is 8.42. The van der Waals surface area contributed by atoms with Gasteiger partial charge < -0.3 is 14.2 Å². The van der Waals surface area contributed by atoms with Gasteiger partial charge in [-0.2, -0.15) is 0 Å². The maximum atomic E-state index is 12.5. The van der Waals surface area contributed by atoms with Crippen molar-refractivity contribution in [3.63, 3.8) is 0 Å². The Morgan fingerprint density at radius 3 is 2.32 bits per heavy atom.